The molecule has 1 unspecified atom stereocenters. The molecule has 1 atom stereocenters. The highest BCUT2D eigenvalue weighted by Crippen LogP contribution is 2.20. The molecule has 0 spiro atoms. The number of aromatic amines is 1. The number of nitro groups is 1. The van der Waals surface area contributed by atoms with E-state index in [1.54, 1.807) is 24.4 Å². The Morgan fingerprint density at radius 1 is 1.55 bits per heavy atom. The molecule has 116 valence electrons. The number of aromatic nitrogens is 2. The largest absolute Gasteiger partial charge is 0.348 e. The molecule has 0 saturated heterocycles. The summed E-state index contributed by atoms with van der Waals surface area (Å²) < 4.78 is 0. The average molecular weight is 322 g/mol. The lowest BCUT2D eigenvalue weighted by atomic mass is 10.1. The summed E-state index contributed by atoms with van der Waals surface area (Å²) in [5, 5.41) is 21.4. The molecule has 2 N–H and O–H groups in total. The first-order valence-electron chi connectivity index (χ1n) is 6.47. The number of hydrogen-bond donors (Lipinski definition) is 2. The summed E-state index contributed by atoms with van der Waals surface area (Å²) >= 11 is 1.33. The highest BCUT2D eigenvalue weighted by Gasteiger charge is 2.28. The lowest BCUT2D eigenvalue weighted by Crippen LogP contribution is -2.34. The smallest absolute Gasteiger partial charge is 0.322 e. The van der Waals surface area contributed by atoms with Gasteiger partial charge < -0.3 is 5.32 Å². The van der Waals surface area contributed by atoms with E-state index in [9.17, 15) is 19.7 Å². The van der Waals surface area contributed by atoms with Gasteiger partial charge in [-0.3, -0.25) is 24.8 Å². The first kappa shape index (κ1) is 15.8. The Morgan fingerprint density at radius 2 is 2.27 bits per heavy atom. The van der Waals surface area contributed by atoms with Crippen LogP contribution in [0, 0.1) is 17.0 Å². The van der Waals surface area contributed by atoms with E-state index in [0.29, 0.717) is 4.88 Å². The van der Waals surface area contributed by atoms with Crippen molar-refractivity contribution in [2.24, 2.45) is 0 Å². The minimum absolute atomic E-state index is 0.0875. The van der Waals surface area contributed by atoms with Crippen LogP contribution in [0.1, 0.15) is 39.2 Å². The number of rotatable bonds is 6. The van der Waals surface area contributed by atoms with Crippen LogP contribution in [-0.2, 0) is 0 Å². The van der Waals surface area contributed by atoms with Crippen molar-refractivity contribution in [3.05, 3.63) is 43.9 Å². The summed E-state index contributed by atoms with van der Waals surface area (Å²) in [5.74, 6) is -0.766. The maximum Gasteiger partial charge on any atom is 0.322 e. The van der Waals surface area contributed by atoms with Gasteiger partial charge in [0.15, 0.2) is 5.78 Å². The van der Waals surface area contributed by atoms with E-state index >= 15 is 0 Å². The third-order valence-corrected chi connectivity index (χ3v) is 3.89. The number of carbonyl (C=O) groups is 2. The Hall–Kier alpha value is -2.55. The van der Waals surface area contributed by atoms with Gasteiger partial charge in [-0.2, -0.15) is 5.10 Å². The molecule has 0 aromatic carbocycles. The van der Waals surface area contributed by atoms with Gasteiger partial charge in [0.25, 0.3) is 5.91 Å². The number of ketones is 1. The van der Waals surface area contributed by atoms with Gasteiger partial charge in [-0.25, -0.2) is 0 Å². The van der Waals surface area contributed by atoms with Gasteiger partial charge in [0, 0.05) is 12.5 Å². The van der Waals surface area contributed by atoms with Crippen LogP contribution in [0.3, 0.4) is 0 Å². The van der Waals surface area contributed by atoms with Crippen LogP contribution in [0.2, 0.25) is 0 Å². The first-order chi connectivity index (χ1) is 10.4. The number of amides is 1. The maximum absolute atomic E-state index is 12.1. The molecule has 0 fully saturated rings. The van der Waals surface area contributed by atoms with E-state index in [2.05, 4.69) is 15.5 Å². The zero-order valence-electron chi connectivity index (χ0n) is 12.0. The number of carbonyl (C=O) groups excluding carboxylic acids is 2. The number of thiophene rings is 1. The molecule has 0 aliphatic carbocycles. The van der Waals surface area contributed by atoms with E-state index in [-0.39, 0.29) is 29.3 Å². The fourth-order valence-corrected chi connectivity index (χ4v) is 2.64. The number of H-pyrrole nitrogens is 1. The predicted octanol–water partition coefficient (Wildman–Crippen LogP) is 2.08. The SMILES string of the molecule is Cc1[nH]nc(C(=O)NC(C)CC(=O)c2cccs2)c1[N+](=O)[O-]. The summed E-state index contributed by atoms with van der Waals surface area (Å²) in [4.78, 5) is 34.9. The standard InChI is InChI=1S/C13H14N4O4S/c1-7(6-9(18)10-4-3-5-22-10)14-13(19)11-12(17(20)21)8(2)15-16-11/h3-5,7H,6H2,1-2H3,(H,14,19)(H,15,16). The Bertz CT molecular complexity index is 708. The summed E-state index contributed by atoms with van der Waals surface area (Å²) in [7, 11) is 0. The molecular weight excluding hydrogens is 308 g/mol. The molecule has 0 aliphatic rings. The number of Topliss-reactive ketones (excluding diaryl/α,β-unsaturated/α-hetero) is 1. The lowest BCUT2D eigenvalue weighted by molar-refractivity contribution is -0.385. The Morgan fingerprint density at radius 3 is 2.86 bits per heavy atom. The monoisotopic (exact) mass is 322 g/mol. The van der Waals surface area contributed by atoms with E-state index in [1.807, 2.05) is 0 Å². The van der Waals surface area contributed by atoms with Crippen molar-refractivity contribution in [3.8, 4) is 0 Å². The normalized spacial score (nSPS) is 11.9. The van der Waals surface area contributed by atoms with Crippen molar-refractivity contribution in [1.82, 2.24) is 15.5 Å². The third kappa shape index (κ3) is 3.37. The minimum Gasteiger partial charge on any atom is -0.348 e. The van der Waals surface area contributed by atoms with Crippen LogP contribution in [0.4, 0.5) is 5.69 Å². The van der Waals surface area contributed by atoms with Gasteiger partial charge >= 0.3 is 5.69 Å². The molecule has 1 amide bonds. The summed E-state index contributed by atoms with van der Waals surface area (Å²) in [5.41, 5.74) is -0.426. The molecule has 0 saturated carbocycles. The number of nitrogens with one attached hydrogen (secondary N) is 2. The van der Waals surface area contributed by atoms with Gasteiger partial charge in [0.2, 0.25) is 5.69 Å². The summed E-state index contributed by atoms with van der Waals surface area (Å²) in [6.07, 6.45) is 0.115. The van der Waals surface area contributed by atoms with Crippen LogP contribution in [-0.4, -0.2) is 32.9 Å². The molecule has 2 heterocycles. The zero-order chi connectivity index (χ0) is 16.3. The Labute approximate surface area is 129 Å². The highest BCUT2D eigenvalue weighted by molar-refractivity contribution is 7.12. The van der Waals surface area contributed by atoms with Crippen LogP contribution in [0.15, 0.2) is 17.5 Å². The Balaban J connectivity index is 2.03. The number of hydrogen-bond acceptors (Lipinski definition) is 6. The average Bonchev–Trinajstić information content (AvgIpc) is 3.06. The van der Waals surface area contributed by atoms with Gasteiger partial charge in [-0.15, -0.1) is 11.3 Å². The summed E-state index contributed by atoms with van der Waals surface area (Å²) in [6.45, 7) is 3.13. The van der Waals surface area contributed by atoms with Crippen molar-refractivity contribution in [3.63, 3.8) is 0 Å². The van der Waals surface area contributed by atoms with Gasteiger partial charge in [0.1, 0.15) is 5.69 Å². The van der Waals surface area contributed by atoms with Crippen molar-refractivity contribution >= 4 is 28.7 Å². The molecule has 0 aliphatic heterocycles. The second-order valence-electron chi connectivity index (χ2n) is 4.78. The quantitative estimate of drug-likeness (QED) is 0.479. The van der Waals surface area contributed by atoms with E-state index < -0.39 is 16.9 Å². The van der Waals surface area contributed by atoms with Crippen molar-refractivity contribution < 1.29 is 14.5 Å². The molecular formula is C13H14N4O4S. The van der Waals surface area contributed by atoms with Crippen LogP contribution in [0.5, 0.6) is 0 Å². The van der Waals surface area contributed by atoms with Crippen molar-refractivity contribution in [2.75, 3.05) is 0 Å². The first-order valence-corrected chi connectivity index (χ1v) is 7.35. The molecule has 0 bridgehead atoms. The van der Waals surface area contributed by atoms with Crippen molar-refractivity contribution in [2.45, 2.75) is 26.3 Å². The molecule has 8 nitrogen and oxygen atoms in total. The second-order valence-corrected chi connectivity index (χ2v) is 5.73. The van der Waals surface area contributed by atoms with Gasteiger partial charge in [0.05, 0.1) is 9.80 Å². The van der Waals surface area contributed by atoms with Crippen LogP contribution >= 0.6 is 11.3 Å². The summed E-state index contributed by atoms with van der Waals surface area (Å²) in [6, 6.07) is 3.03. The molecule has 2 aromatic rings. The third-order valence-electron chi connectivity index (χ3n) is 2.98. The Kier molecular flexibility index (Phi) is 4.66. The zero-order valence-corrected chi connectivity index (χ0v) is 12.8. The fourth-order valence-electron chi connectivity index (χ4n) is 1.96. The fraction of sp³-hybridized carbons (Fsp3) is 0.308. The van der Waals surface area contributed by atoms with E-state index in [1.165, 1.54) is 18.3 Å². The number of aryl methyl sites for hydroxylation is 1. The van der Waals surface area contributed by atoms with Gasteiger partial charge in [-0.05, 0) is 25.3 Å². The van der Waals surface area contributed by atoms with Crippen LogP contribution in [0.25, 0.3) is 0 Å². The lowest BCUT2D eigenvalue weighted by Gasteiger charge is -2.11. The molecule has 2 rings (SSSR count). The topological polar surface area (TPSA) is 118 Å². The predicted molar refractivity (Wildman–Crippen MR) is 80.2 cm³/mol. The second kappa shape index (κ2) is 6.48. The minimum atomic E-state index is -0.678. The molecule has 0 radical (unpaired) electrons. The van der Waals surface area contributed by atoms with Crippen LogP contribution < -0.4 is 5.32 Å². The van der Waals surface area contributed by atoms with Crippen molar-refractivity contribution in [1.29, 1.82) is 0 Å². The molecule has 22 heavy (non-hydrogen) atoms. The van der Waals surface area contributed by atoms with E-state index in [4.69, 9.17) is 0 Å². The van der Waals surface area contributed by atoms with E-state index in [0.717, 1.165) is 0 Å². The molecule has 2 aromatic heterocycles. The highest BCUT2D eigenvalue weighted by atomic mass is 32.1. The molecule has 9 heteroatoms. The maximum atomic E-state index is 12.1. The number of nitrogens with zero attached hydrogens (tertiary/aromatic N) is 2. The van der Waals surface area contributed by atoms with Gasteiger partial charge in [-0.1, -0.05) is 6.07 Å².